The van der Waals surface area contributed by atoms with Gasteiger partial charge in [-0.3, -0.25) is 10.1 Å². The minimum Gasteiger partial charge on any atom is -0.496 e. The van der Waals surface area contributed by atoms with Crippen LogP contribution in [-0.4, -0.2) is 26.7 Å². The molecule has 0 fully saturated rings. The van der Waals surface area contributed by atoms with Gasteiger partial charge in [-0.1, -0.05) is 22.0 Å². The lowest BCUT2D eigenvalue weighted by Gasteiger charge is -2.12. The molecule has 7 nitrogen and oxygen atoms in total. The first-order valence-electron chi connectivity index (χ1n) is 6.77. The fourth-order valence-electron chi connectivity index (χ4n) is 2.23. The summed E-state index contributed by atoms with van der Waals surface area (Å²) in [5.41, 5.74) is 0.435. The molecule has 2 aromatic rings. The van der Waals surface area contributed by atoms with Crippen LogP contribution < -0.4 is 10.1 Å². The van der Waals surface area contributed by atoms with Gasteiger partial charge in [0.2, 0.25) is 0 Å². The summed E-state index contributed by atoms with van der Waals surface area (Å²) in [6, 6.07) is 9.55. The van der Waals surface area contributed by atoms with E-state index < -0.39 is 20.4 Å². The van der Waals surface area contributed by atoms with Gasteiger partial charge in [-0.2, -0.15) is 0 Å². The predicted octanol–water partition coefficient (Wildman–Crippen LogP) is 3.38. The van der Waals surface area contributed by atoms with Gasteiger partial charge in [0, 0.05) is 22.8 Å². The summed E-state index contributed by atoms with van der Waals surface area (Å²) in [5, 5.41) is 14.3. The van der Waals surface area contributed by atoms with Crippen molar-refractivity contribution in [1.82, 2.24) is 0 Å². The quantitative estimate of drug-likeness (QED) is 0.574. The van der Waals surface area contributed by atoms with Crippen LogP contribution in [0.3, 0.4) is 0 Å². The van der Waals surface area contributed by atoms with Crippen molar-refractivity contribution in [3.63, 3.8) is 0 Å². The van der Waals surface area contributed by atoms with Crippen LogP contribution >= 0.6 is 15.9 Å². The van der Waals surface area contributed by atoms with E-state index in [0.29, 0.717) is 5.75 Å². The summed E-state index contributed by atoms with van der Waals surface area (Å²) >= 11 is 3.36. The number of nitrogens with zero attached hydrogens (tertiary/aromatic N) is 1. The second kappa shape index (κ2) is 7.18. The maximum atomic E-state index is 11.8. The summed E-state index contributed by atoms with van der Waals surface area (Å²) in [5.74, 6) is 0.618. The Bertz CT molecular complexity index is 883. The van der Waals surface area contributed by atoms with Crippen LogP contribution in [0.4, 0.5) is 11.4 Å². The molecule has 0 atom stereocenters. The van der Waals surface area contributed by atoms with Gasteiger partial charge in [0.1, 0.15) is 16.3 Å². The maximum Gasteiger partial charge on any atom is 0.310 e. The minimum absolute atomic E-state index is 0.130. The summed E-state index contributed by atoms with van der Waals surface area (Å²) in [6.45, 7) is 0.233. The number of benzene rings is 2. The lowest BCUT2D eigenvalue weighted by molar-refractivity contribution is -0.386. The number of halogens is 1. The van der Waals surface area contributed by atoms with E-state index in [1.165, 1.54) is 25.3 Å². The average Bonchev–Trinajstić information content (AvgIpc) is 2.51. The molecule has 0 bridgehead atoms. The third-order valence-electron chi connectivity index (χ3n) is 3.29. The van der Waals surface area contributed by atoms with E-state index in [1.54, 1.807) is 6.07 Å². The van der Waals surface area contributed by atoms with Crippen LogP contribution in [0, 0.1) is 10.1 Å². The molecule has 0 radical (unpaired) electrons. The van der Waals surface area contributed by atoms with Crippen LogP contribution in [0.5, 0.6) is 5.75 Å². The van der Waals surface area contributed by atoms with E-state index >= 15 is 0 Å². The van der Waals surface area contributed by atoms with E-state index in [0.717, 1.165) is 16.3 Å². The molecule has 2 rings (SSSR count). The summed E-state index contributed by atoms with van der Waals surface area (Å²) < 4.78 is 29.6. The predicted molar refractivity (Wildman–Crippen MR) is 94.2 cm³/mol. The number of methoxy groups -OCH3 is 1. The zero-order valence-electron chi connectivity index (χ0n) is 12.9. The molecule has 0 unspecified atom stereocenters. The molecule has 0 heterocycles. The third kappa shape index (κ3) is 4.04. The first-order chi connectivity index (χ1) is 11.2. The lowest BCUT2D eigenvalue weighted by atomic mass is 10.2. The second-order valence-electron chi connectivity index (χ2n) is 4.99. The number of rotatable bonds is 6. The largest absolute Gasteiger partial charge is 0.496 e. The third-order valence-corrected chi connectivity index (χ3v) is 4.91. The molecule has 9 heteroatoms. The van der Waals surface area contributed by atoms with Crippen LogP contribution in [-0.2, 0) is 16.4 Å². The van der Waals surface area contributed by atoms with Crippen molar-refractivity contribution in [1.29, 1.82) is 0 Å². The van der Waals surface area contributed by atoms with Crippen molar-refractivity contribution in [3.05, 3.63) is 56.5 Å². The minimum atomic E-state index is -3.72. The van der Waals surface area contributed by atoms with Gasteiger partial charge in [-0.05, 0) is 30.3 Å². The van der Waals surface area contributed by atoms with Crippen molar-refractivity contribution in [2.45, 2.75) is 11.4 Å². The van der Waals surface area contributed by atoms with E-state index in [-0.39, 0.29) is 17.1 Å². The van der Waals surface area contributed by atoms with Crippen LogP contribution in [0.15, 0.2) is 45.8 Å². The molecule has 0 aliphatic rings. The van der Waals surface area contributed by atoms with Crippen LogP contribution in [0.25, 0.3) is 0 Å². The van der Waals surface area contributed by atoms with Crippen molar-refractivity contribution < 1.29 is 18.1 Å². The number of anilines is 1. The van der Waals surface area contributed by atoms with E-state index in [4.69, 9.17) is 4.74 Å². The normalized spacial score (nSPS) is 11.1. The molecule has 0 aliphatic carbocycles. The smallest absolute Gasteiger partial charge is 0.310 e. The molecule has 0 spiro atoms. The molecule has 0 aliphatic heterocycles. The maximum absolute atomic E-state index is 11.8. The molecule has 0 saturated carbocycles. The second-order valence-corrected chi connectivity index (χ2v) is 7.89. The van der Waals surface area contributed by atoms with Crippen molar-refractivity contribution in [2.24, 2.45) is 0 Å². The number of nitro benzene ring substituents is 1. The van der Waals surface area contributed by atoms with E-state index in [9.17, 15) is 18.5 Å². The fourth-order valence-corrected chi connectivity index (χ4v) is 3.50. The van der Waals surface area contributed by atoms with E-state index in [1.807, 2.05) is 12.1 Å². The van der Waals surface area contributed by atoms with Gasteiger partial charge in [0.15, 0.2) is 9.84 Å². The number of para-hydroxylation sites is 1. The lowest BCUT2D eigenvalue weighted by Crippen LogP contribution is -2.08. The zero-order chi connectivity index (χ0) is 17.9. The molecule has 24 heavy (non-hydrogen) atoms. The van der Waals surface area contributed by atoms with Gasteiger partial charge in [0.05, 0.1) is 12.0 Å². The summed E-state index contributed by atoms with van der Waals surface area (Å²) in [6.07, 6.45) is 0.941. The Kier molecular flexibility index (Phi) is 5.45. The van der Waals surface area contributed by atoms with E-state index in [2.05, 4.69) is 21.2 Å². The van der Waals surface area contributed by atoms with Gasteiger partial charge >= 0.3 is 5.69 Å². The highest BCUT2D eigenvalue weighted by Gasteiger charge is 2.26. The van der Waals surface area contributed by atoms with Crippen molar-refractivity contribution >= 4 is 37.1 Å². The van der Waals surface area contributed by atoms with Crippen molar-refractivity contribution in [2.75, 3.05) is 18.7 Å². The fraction of sp³-hybridized carbons (Fsp3) is 0.200. The molecule has 128 valence electrons. The molecule has 2 aromatic carbocycles. The Labute approximate surface area is 147 Å². The average molecular weight is 415 g/mol. The van der Waals surface area contributed by atoms with Crippen molar-refractivity contribution in [3.8, 4) is 5.75 Å². The highest BCUT2D eigenvalue weighted by atomic mass is 79.9. The monoisotopic (exact) mass is 414 g/mol. The molecular weight excluding hydrogens is 400 g/mol. The molecule has 0 saturated heterocycles. The summed E-state index contributed by atoms with van der Waals surface area (Å²) in [7, 11) is -2.19. The van der Waals surface area contributed by atoms with Crippen LogP contribution in [0.1, 0.15) is 5.56 Å². The molecular formula is C15H15BrN2O5S. The Balaban J connectivity index is 2.41. The van der Waals surface area contributed by atoms with Gasteiger partial charge in [-0.25, -0.2) is 8.42 Å². The molecule has 1 N–H and O–H groups in total. The highest BCUT2D eigenvalue weighted by molar-refractivity contribution is 9.10. The standard InChI is InChI=1S/C15H15BrN2O5S/c1-23-13-7-6-11(16)8-10(13)9-17-12-4-3-5-14(24(2,21)22)15(12)18(19)20/h3-8,17H,9H2,1-2H3. The Hall–Kier alpha value is -2.13. The Morgan fingerprint density at radius 2 is 2.00 bits per heavy atom. The molecule has 0 amide bonds. The van der Waals surface area contributed by atoms with Gasteiger partial charge in [0.25, 0.3) is 0 Å². The number of nitro groups is 1. The SMILES string of the molecule is COc1ccc(Br)cc1CNc1cccc(S(C)(=O)=O)c1[N+](=O)[O-]. The topological polar surface area (TPSA) is 98.5 Å². The number of ether oxygens (including phenoxy) is 1. The summed E-state index contributed by atoms with van der Waals surface area (Å²) in [4.78, 5) is 10.3. The number of sulfone groups is 1. The van der Waals surface area contributed by atoms with Crippen LogP contribution in [0.2, 0.25) is 0 Å². The molecule has 0 aromatic heterocycles. The highest BCUT2D eigenvalue weighted by Crippen LogP contribution is 2.33. The van der Waals surface area contributed by atoms with Gasteiger partial charge in [-0.15, -0.1) is 0 Å². The number of nitrogens with one attached hydrogen (secondary N) is 1. The number of hydrogen-bond donors (Lipinski definition) is 1. The first-order valence-corrected chi connectivity index (χ1v) is 9.46. The number of hydrogen-bond acceptors (Lipinski definition) is 6. The van der Waals surface area contributed by atoms with Gasteiger partial charge < -0.3 is 10.1 Å². The Morgan fingerprint density at radius 1 is 1.29 bits per heavy atom. The first kappa shape index (κ1) is 18.2. The Morgan fingerprint density at radius 3 is 2.58 bits per heavy atom. The zero-order valence-corrected chi connectivity index (χ0v) is 15.3.